The highest BCUT2D eigenvalue weighted by molar-refractivity contribution is 5.57. The molecule has 2 rings (SSSR count). The molecular formula is C15H26N4O. The van der Waals surface area contributed by atoms with E-state index in [1.165, 1.54) is 0 Å². The van der Waals surface area contributed by atoms with E-state index >= 15 is 0 Å². The Morgan fingerprint density at radius 3 is 2.50 bits per heavy atom. The highest BCUT2D eigenvalue weighted by atomic mass is 16.5. The number of nitrogens with one attached hydrogen (secondary N) is 2. The van der Waals surface area contributed by atoms with Crippen LogP contribution in [0.3, 0.4) is 0 Å². The highest BCUT2D eigenvalue weighted by Gasteiger charge is 2.22. The Bertz CT molecular complexity index is 462. The van der Waals surface area contributed by atoms with Crippen LogP contribution in [0.5, 0.6) is 0 Å². The molecule has 0 bridgehead atoms. The minimum atomic E-state index is -0.0633. The van der Waals surface area contributed by atoms with Crippen LogP contribution in [0.25, 0.3) is 0 Å². The Labute approximate surface area is 121 Å². The molecule has 1 atom stereocenters. The van der Waals surface area contributed by atoms with Gasteiger partial charge in [0.15, 0.2) is 0 Å². The fraction of sp³-hybridized carbons (Fsp3) is 0.733. The first-order valence-electron chi connectivity index (χ1n) is 7.30. The first-order chi connectivity index (χ1) is 9.41. The SMILES string of the molecule is CNc1nc(C(C)(C)C)nc(NCC2CCOC2)c1C. The van der Waals surface area contributed by atoms with Gasteiger partial charge in [-0.15, -0.1) is 0 Å². The third kappa shape index (κ3) is 3.39. The lowest BCUT2D eigenvalue weighted by Gasteiger charge is -2.21. The minimum absolute atomic E-state index is 0.0633. The summed E-state index contributed by atoms with van der Waals surface area (Å²) in [5.74, 6) is 3.27. The molecule has 2 heterocycles. The number of hydrogen-bond acceptors (Lipinski definition) is 5. The zero-order valence-electron chi connectivity index (χ0n) is 13.2. The second kappa shape index (κ2) is 5.95. The molecular weight excluding hydrogens is 252 g/mol. The predicted octanol–water partition coefficient (Wildman–Crippen LogP) is 2.57. The van der Waals surface area contributed by atoms with E-state index in [-0.39, 0.29) is 5.41 Å². The zero-order valence-corrected chi connectivity index (χ0v) is 13.2. The number of aromatic nitrogens is 2. The Morgan fingerprint density at radius 2 is 1.95 bits per heavy atom. The number of nitrogens with zero attached hydrogens (tertiary/aromatic N) is 2. The number of hydrogen-bond donors (Lipinski definition) is 2. The van der Waals surface area contributed by atoms with Crippen molar-refractivity contribution in [3.8, 4) is 0 Å². The molecule has 1 unspecified atom stereocenters. The van der Waals surface area contributed by atoms with Crippen molar-refractivity contribution in [1.29, 1.82) is 0 Å². The molecule has 5 heteroatoms. The summed E-state index contributed by atoms with van der Waals surface area (Å²) in [7, 11) is 1.90. The topological polar surface area (TPSA) is 59.1 Å². The van der Waals surface area contributed by atoms with E-state index < -0.39 is 0 Å². The van der Waals surface area contributed by atoms with E-state index in [0.29, 0.717) is 5.92 Å². The van der Waals surface area contributed by atoms with Gasteiger partial charge in [-0.3, -0.25) is 0 Å². The lowest BCUT2D eigenvalue weighted by molar-refractivity contribution is 0.187. The van der Waals surface area contributed by atoms with Crippen LogP contribution in [0.4, 0.5) is 11.6 Å². The molecule has 1 fully saturated rings. The van der Waals surface area contributed by atoms with Crippen LogP contribution in [-0.4, -0.2) is 36.8 Å². The van der Waals surface area contributed by atoms with Gasteiger partial charge in [-0.1, -0.05) is 20.8 Å². The molecule has 112 valence electrons. The quantitative estimate of drug-likeness (QED) is 0.886. The van der Waals surface area contributed by atoms with Crippen LogP contribution < -0.4 is 10.6 Å². The summed E-state index contributed by atoms with van der Waals surface area (Å²) in [6.07, 6.45) is 1.13. The zero-order chi connectivity index (χ0) is 14.8. The van der Waals surface area contributed by atoms with Crippen molar-refractivity contribution in [3.63, 3.8) is 0 Å². The third-order valence-corrected chi connectivity index (χ3v) is 3.64. The Hall–Kier alpha value is -1.36. The molecule has 0 radical (unpaired) electrons. The fourth-order valence-electron chi connectivity index (χ4n) is 2.25. The van der Waals surface area contributed by atoms with Crippen LogP contribution in [-0.2, 0) is 10.2 Å². The largest absolute Gasteiger partial charge is 0.381 e. The normalized spacial score (nSPS) is 19.1. The van der Waals surface area contributed by atoms with Crippen LogP contribution in [0.15, 0.2) is 0 Å². The summed E-state index contributed by atoms with van der Waals surface area (Å²) in [4.78, 5) is 9.33. The molecule has 2 N–H and O–H groups in total. The van der Waals surface area contributed by atoms with E-state index in [2.05, 4.69) is 36.4 Å². The fourth-order valence-corrected chi connectivity index (χ4v) is 2.25. The van der Waals surface area contributed by atoms with Crippen molar-refractivity contribution in [2.24, 2.45) is 5.92 Å². The molecule has 1 aromatic rings. The van der Waals surface area contributed by atoms with Crippen LogP contribution >= 0.6 is 0 Å². The third-order valence-electron chi connectivity index (χ3n) is 3.64. The molecule has 0 aliphatic carbocycles. The van der Waals surface area contributed by atoms with E-state index in [0.717, 1.165) is 49.2 Å². The molecule has 0 aromatic carbocycles. The maximum Gasteiger partial charge on any atom is 0.138 e. The average Bonchev–Trinajstić information content (AvgIpc) is 2.89. The maximum absolute atomic E-state index is 5.41. The summed E-state index contributed by atoms with van der Waals surface area (Å²) in [6.45, 7) is 11.1. The standard InChI is InChI=1S/C15H26N4O/c1-10-12(16-5)18-14(15(2,3)4)19-13(10)17-8-11-6-7-20-9-11/h11H,6-9H2,1-5H3,(H2,16,17,18,19). The van der Waals surface area contributed by atoms with Gasteiger partial charge in [0.1, 0.15) is 17.5 Å². The van der Waals surface area contributed by atoms with Crippen LogP contribution in [0.1, 0.15) is 38.6 Å². The lowest BCUT2D eigenvalue weighted by Crippen LogP contribution is -2.21. The predicted molar refractivity (Wildman–Crippen MR) is 82.4 cm³/mol. The molecule has 20 heavy (non-hydrogen) atoms. The van der Waals surface area contributed by atoms with E-state index in [1.807, 2.05) is 14.0 Å². The first kappa shape index (κ1) is 15.0. The second-order valence-corrected chi connectivity index (χ2v) is 6.48. The van der Waals surface area contributed by atoms with Crippen molar-refractivity contribution in [1.82, 2.24) is 9.97 Å². The minimum Gasteiger partial charge on any atom is -0.381 e. The smallest absolute Gasteiger partial charge is 0.138 e. The molecule has 0 amide bonds. The summed E-state index contributed by atoms with van der Waals surface area (Å²) >= 11 is 0. The summed E-state index contributed by atoms with van der Waals surface area (Å²) < 4.78 is 5.41. The van der Waals surface area contributed by atoms with Crippen molar-refractivity contribution >= 4 is 11.6 Å². The summed E-state index contributed by atoms with van der Waals surface area (Å²) in [6, 6.07) is 0. The van der Waals surface area contributed by atoms with Gasteiger partial charge in [-0.05, 0) is 13.3 Å². The molecule has 0 spiro atoms. The van der Waals surface area contributed by atoms with Gasteiger partial charge in [-0.25, -0.2) is 9.97 Å². The van der Waals surface area contributed by atoms with Gasteiger partial charge >= 0.3 is 0 Å². The van der Waals surface area contributed by atoms with E-state index in [9.17, 15) is 0 Å². The molecule has 1 aliphatic rings. The van der Waals surface area contributed by atoms with E-state index in [1.54, 1.807) is 0 Å². The number of anilines is 2. The Balaban J connectivity index is 2.21. The highest BCUT2D eigenvalue weighted by Crippen LogP contribution is 2.26. The molecule has 1 aliphatic heterocycles. The maximum atomic E-state index is 5.41. The molecule has 1 aromatic heterocycles. The van der Waals surface area contributed by atoms with Crippen molar-refractivity contribution in [2.75, 3.05) is 37.4 Å². The van der Waals surface area contributed by atoms with Gasteiger partial charge in [0.25, 0.3) is 0 Å². The Kier molecular flexibility index (Phi) is 4.48. The van der Waals surface area contributed by atoms with Gasteiger partial charge in [0.2, 0.25) is 0 Å². The number of rotatable bonds is 4. The Morgan fingerprint density at radius 1 is 1.25 bits per heavy atom. The van der Waals surface area contributed by atoms with Crippen LogP contribution in [0, 0.1) is 12.8 Å². The van der Waals surface area contributed by atoms with Crippen LogP contribution in [0.2, 0.25) is 0 Å². The van der Waals surface area contributed by atoms with Gasteiger partial charge in [0.05, 0.1) is 6.61 Å². The van der Waals surface area contributed by atoms with Crippen molar-refractivity contribution < 1.29 is 4.74 Å². The monoisotopic (exact) mass is 278 g/mol. The molecule has 0 saturated carbocycles. The van der Waals surface area contributed by atoms with Crippen molar-refractivity contribution in [3.05, 3.63) is 11.4 Å². The van der Waals surface area contributed by atoms with E-state index in [4.69, 9.17) is 9.72 Å². The summed E-state index contributed by atoms with van der Waals surface area (Å²) in [5, 5.41) is 6.63. The number of ether oxygens (including phenoxy) is 1. The second-order valence-electron chi connectivity index (χ2n) is 6.48. The van der Waals surface area contributed by atoms with Gasteiger partial charge in [-0.2, -0.15) is 0 Å². The lowest BCUT2D eigenvalue weighted by atomic mass is 9.95. The molecule has 1 saturated heterocycles. The van der Waals surface area contributed by atoms with Gasteiger partial charge in [0, 0.05) is 37.1 Å². The van der Waals surface area contributed by atoms with Crippen molar-refractivity contribution in [2.45, 2.75) is 39.5 Å². The van der Waals surface area contributed by atoms with Gasteiger partial charge < -0.3 is 15.4 Å². The summed E-state index contributed by atoms with van der Waals surface area (Å²) in [5.41, 5.74) is 1.01. The average molecular weight is 278 g/mol. The molecule has 5 nitrogen and oxygen atoms in total. The first-order valence-corrected chi connectivity index (χ1v) is 7.30.